The van der Waals surface area contributed by atoms with Gasteiger partial charge in [0, 0.05) is 35.0 Å². The molecule has 0 atom stereocenters. The summed E-state index contributed by atoms with van der Waals surface area (Å²) in [5, 5.41) is 7.22. The van der Waals surface area contributed by atoms with Gasteiger partial charge in [0.25, 0.3) is 0 Å². The van der Waals surface area contributed by atoms with E-state index in [0.717, 1.165) is 11.5 Å². The van der Waals surface area contributed by atoms with Gasteiger partial charge in [-0.2, -0.15) is 0 Å². The molecule has 0 fully saturated rings. The molecule has 0 unspecified atom stereocenters. The van der Waals surface area contributed by atoms with Gasteiger partial charge in [0.15, 0.2) is 11.6 Å². The Morgan fingerprint density at radius 2 is 1.96 bits per heavy atom. The van der Waals surface area contributed by atoms with E-state index in [-0.39, 0.29) is 5.41 Å². The van der Waals surface area contributed by atoms with Crippen LogP contribution in [0.3, 0.4) is 0 Å². The van der Waals surface area contributed by atoms with Gasteiger partial charge >= 0.3 is 0 Å². The van der Waals surface area contributed by atoms with Crippen LogP contribution in [0.4, 0.5) is 11.5 Å². The Morgan fingerprint density at radius 1 is 1.19 bits per heavy atom. The number of benzene rings is 1. The summed E-state index contributed by atoms with van der Waals surface area (Å²) in [6, 6.07) is 10.3. The van der Waals surface area contributed by atoms with Gasteiger partial charge in [0.1, 0.15) is 11.5 Å². The number of primary amides is 1. The molecule has 2 heterocycles. The van der Waals surface area contributed by atoms with Gasteiger partial charge in [-0.25, -0.2) is 0 Å². The maximum Gasteiger partial charge on any atom is 0.248 e. The maximum absolute atomic E-state index is 11.6. The van der Waals surface area contributed by atoms with Gasteiger partial charge in [-0.1, -0.05) is 25.9 Å². The van der Waals surface area contributed by atoms with Crippen LogP contribution in [0.5, 0.6) is 11.5 Å². The molecule has 3 aromatic rings. The van der Waals surface area contributed by atoms with Crippen molar-refractivity contribution < 1.29 is 14.1 Å². The zero-order valence-corrected chi connectivity index (χ0v) is 15.7. The van der Waals surface area contributed by atoms with Gasteiger partial charge < -0.3 is 20.3 Å². The van der Waals surface area contributed by atoms with E-state index < -0.39 is 5.91 Å². The Labute approximate surface area is 157 Å². The second-order valence-corrected chi connectivity index (χ2v) is 7.26. The quantitative estimate of drug-likeness (QED) is 0.697. The van der Waals surface area contributed by atoms with Crippen molar-refractivity contribution >= 4 is 17.4 Å². The molecule has 140 valence electrons. The Kier molecular flexibility index (Phi) is 4.85. The lowest BCUT2D eigenvalue weighted by Gasteiger charge is -2.13. The fraction of sp³-hybridized carbons (Fsp3) is 0.250. The Bertz CT molecular complexity index is 973. The van der Waals surface area contributed by atoms with Crippen LogP contribution in [0.15, 0.2) is 47.1 Å². The molecule has 27 heavy (non-hydrogen) atoms. The molecule has 7 nitrogen and oxygen atoms in total. The van der Waals surface area contributed by atoms with Crippen molar-refractivity contribution in [3.8, 4) is 11.5 Å². The molecule has 3 rings (SSSR count). The van der Waals surface area contributed by atoms with Crippen LogP contribution in [0, 0.1) is 6.92 Å². The number of rotatable bonds is 5. The van der Waals surface area contributed by atoms with Gasteiger partial charge in [0.2, 0.25) is 5.91 Å². The average molecular weight is 366 g/mol. The highest BCUT2D eigenvalue weighted by Crippen LogP contribution is 2.34. The number of nitrogens with two attached hydrogens (primary N) is 1. The first-order chi connectivity index (χ1) is 12.7. The van der Waals surface area contributed by atoms with Crippen molar-refractivity contribution in [3.63, 3.8) is 0 Å². The fourth-order valence-corrected chi connectivity index (χ4v) is 2.40. The average Bonchev–Trinajstić information content (AvgIpc) is 3.05. The first-order valence-electron chi connectivity index (χ1n) is 8.51. The number of ether oxygens (including phenoxy) is 1. The second kappa shape index (κ2) is 7.11. The monoisotopic (exact) mass is 366 g/mol. The highest BCUT2D eigenvalue weighted by atomic mass is 16.5. The fourth-order valence-electron chi connectivity index (χ4n) is 2.40. The zero-order chi connectivity index (χ0) is 19.6. The third-order valence-electron chi connectivity index (χ3n) is 3.87. The van der Waals surface area contributed by atoms with E-state index in [1.165, 1.54) is 0 Å². The molecule has 0 aliphatic carbocycles. The number of nitrogens with one attached hydrogen (secondary N) is 1. The normalized spacial score (nSPS) is 11.3. The minimum Gasteiger partial charge on any atom is -0.455 e. The highest BCUT2D eigenvalue weighted by molar-refractivity contribution is 5.94. The van der Waals surface area contributed by atoms with Gasteiger partial charge in [-0.15, -0.1) is 0 Å². The maximum atomic E-state index is 11.6. The van der Waals surface area contributed by atoms with Crippen molar-refractivity contribution in [1.29, 1.82) is 0 Å². The summed E-state index contributed by atoms with van der Waals surface area (Å²) in [5.41, 5.74) is 7.04. The molecule has 2 aromatic heterocycles. The minimum absolute atomic E-state index is 0.156. The Morgan fingerprint density at radius 3 is 2.59 bits per heavy atom. The lowest BCUT2D eigenvalue weighted by molar-refractivity contribution is 0.1000. The van der Waals surface area contributed by atoms with Crippen LogP contribution >= 0.6 is 0 Å². The standard InChI is InChI=1S/C20H22N4O3/c1-12-9-14(7-8-22-12)26-16-10-13(19(21)25)5-6-15(16)23-18-11-17(27-24-18)20(2,3)4/h5-11H,1-4H3,(H2,21,25)(H,23,24). The van der Waals surface area contributed by atoms with Crippen LogP contribution < -0.4 is 15.8 Å². The van der Waals surface area contributed by atoms with E-state index in [4.69, 9.17) is 15.0 Å². The molecule has 0 saturated carbocycles. The largest absolute Gasteiger partial charge is 0.455 e. The van der Waals surface area contributed by atoms with Crippen LogP contribution in [0.1, 0.15) is 42.6 Å². The van der Waals surface area contributed by atoms with Crippen LogP contribution in [0.25, 0.3) is 0 Å². The van der Waals surface area contributed by atoms with Crippen LogP contribution in [-0.2, 0) is 5.41 Å². The van der Waals surface area contributed by atoms with E-state index in [1.807, 2.05) is 33.8 Å². The number of hydrogen-bond acceptors (Lipinski definition) is 6. The predicted octanol–water partition coefficient (Wildman–Crippen LogP) is 4.31. The third-order valence-corrected chi connectivity index (χ3v) is 3.87. The van der Waals surface area contributed by atoms with Crippen molar-refractivity contribution in [2.75, 3.05) is 5.32 Å². The molecule has 0 aliphatic rings. The van der Waals surface area contributed by atoms with Crippen molar-refractivity contribution in [2.24, 2.45) is 5.73 Å². The minimum atomic E-state index is -0.534. The summed E-state index contributed by atoms with van der Waals surface area (Å²) in [5.74, 6) is 1.81. The highest BCUT2D eigenvalue weighted by Gasteiger charge is 2.20. The summed E-state index contributed by atoms with van der Waals surface area (Å²) in [7, 11) is 0. The molecule has 0 saturated heterocycles. The van der Waals surface area contributed by atoms with E-state index in [1.54, 1.807) is 36.5 Å². The van der Waals surface area contributed by atoms with E-state index in [2.05, 4.69) is 15.5 Å². The van der Waals surface area contributed by atoms with Crippen molar-refractivity contribution in [2.45, 2.75) is 33.1 Å². The number of pyridine rings is 1. The zero-order valence-electron chi connectivity index (χ0n) is 15.7. The van der Waals surface area contributed by atoms with E-state index >= 15 is 0 Å². The van der Waals surface area contributed by atoms with Gasteiger partial charge in [-0.05, 0) is 31.2 Å². The molecule has 3 N–H and O–H groups in total. The Balaban J connectivity index is 1.94. The lowest BCUT2D eigenvalue weighted by atomic mass is 9.93. The molecule has 0 radical (unpaired) electrons. The molecule has 0 bridgehead atoms. The number of carbonyl (C=O) groups is 1. The topological polar surface area (TPSA) is 103 Å². The van der Waals surface area contributed by atoms with Gasteiger partial charge in [-0.3, -0.25) is 9.78 Å². The molecular weight excluding hydrogens is 344 g/mol. The predicted molar refractivity (Wildman–Crippen MR) is 102 cm³/mol. The number of anilines is 2. The first kappa shape index (κ1) is 18.4. The van der Waals surface area contributed by atoms with Crippen LogP contribution in [0.2, 0.25) is 0 Å². The summed E-state index contributed by atoms with van der Waals surface area (Å²) < 4.78 is 11.4. The number of amides is 1. The molecule has 7 heteroatoms. The number of aromatic nitrogens is 2. The van der Waals surface area contributed by atoms with Crippen molar-refractivity contribution in [1.82, 2.24) is 10.1 Å². The number of carbonyl (C=O) groups excluding carboxylic acids is 1. The summed E-state index contributed by atoms with van der Waals surface area (Å²) in [6.07, 6.45) is 1.66. The summed E-state index contributed by atoms with van der Waals surface area (Å²) >= 11 is 0. The first-order valence-corrected chi connectivity index (χ1v) is 8.51. The lowest BCUT2D eigenvalue weighted by Crippen LogP contribution is -2.11. The van der Waals surface area contributed by atoms with Gasteiger partial charge in [0.05, 0.1) is 5.69 Å². The summed E-state index contributed by atoms with van der Waals surface area (Å²) in [6.45, 7) is 7.99. The number of nitrogens with zero attached hydrogens (tertiary/aromatic N) is 2. The SMILES string of the molecule is Cc1cc(Oc2cc(C(N)=O)ccc2Nc2cc(C(C)(C)C)on2)ccn1. The molecule has 0 spiro atoms. The smallest absolute Gasteiger partial charge is 0.248 e. The Hall–Kier alpha value is -3.35. The van der Waals surface area contributed by atoms with Crippen LogP contribution in [-0.4, -0.2) is 16.0 Å². The van der Waals surface area contributed by atoms with E-state index in [0.29, 0.717) is 28.6 Å². The molecular formula is C20H22N4O3. The van der Waals surface area contributed by atoms with E-state index in [9.17, 15) is 4.79 Å². The number of aryl methyl sites for hydroxylation is 1. The molecule has 1 aromatic carbocycles. The third kappa shape index (κ3) is 4.44. The second-order valence-electron chi connectivity index (χ2n) is 7.26. The number of hydrogen-bond donors (Lipinski definition) is 2. The summed E-state index contributed by atoms with van der Waals surface area (Å²) in [4.78, 5) is 15.7. The van der Waals surface area contributed by atoms with Crippen molar-refractivity contribution in [3.05, 3.63) is 59.6 Å². The molecule has 1 amide bonds. The molecule has 0 aliphatic heterocycles.